The number of hydrogen-bond donors (Lipinski definition) is 0. The van der Waals surface area contributed by atoms with Crippen LogP contribution in [0.3, 0.4) is 0 Å². The lowest BCUT2D eigenvalue weighted by Crippen LogP contribution is -2.22. The third kappa shape index (κ3) is 3.42. The highest BCUT2D eigenvalue weighted by atomic mass is 35.5. The first-order valence-corrected chi connectivity index (χ1v) is 11.0. The summed E-state index contributed by atoms with van der Waals surface area (Å²) in [6.45, 7) is 3.59. The van der Waals surface area contributed by atoms with E-state index in [0.29, 0.717) is 55.5 Å². The van der Waals surface area contributed by atoms with Crippen molar-refractivity contribution < 1.29 is 13.9 Å². The molecule has 1 unspecified atom stereocenters. The third-order valence-corrected chi connectivity index (χ3v) is 6.28. The summed E-state index contributed by atoms with van der Waals surface area (Å²) >= 11 is 6.54. The molecule has 168 valence electrons. The number of methoxy groups -OCH3 is 1. The van der Waals surface area contributed by atoms with E-state index in [9.17, 15) is 10.1 Å². The zero-order valence-corrected chi connectivity index (χ0v) is 19.4. The molecule has 2 aromatic heterocycles. The highest BCUT2D eigenvalue weighted by molar-refractivity contribution is 6.33. The summed E-state index contributed by atoms with van der Waals surface area (Å²) in [5.41, 5.74) is 3.36. The molecule has 6 nitrogen and oxygen atoms in total. The van der Waals surface area contributed by atoms with Crippen LogP contribution in [0.4, 0.5) is 0 Å². The van der Waals surface area contributed by atoms with Crippen molar-refractivity contribution in [3.63, 3.8) is 0 Å². The van der Waals surface area contributed by atoms with Gasteiger partial charge in [0.2, 0.25) is 0 Å². The summed E-state index contributed by atoms with van der Waals surface area (Å²) < 4.78 is 17.2. The summed E-state index contributed by atoms with van der Waals surface area (Å²) in [6.07, 6.45) is 1.69. The Balaban J connectivity index is 1.80. The Hall–Kier alpha value is -4.08. The van der Waals surface area contributed by atoms with E-state index in [1.54, 1.807) is 44.5 Å². The Kier molecular flexibility index (Phi) is 5.35. The number of ether oxygens (including phenoxy) is 2. The van der Waals surface area contributed by atoms with Gasteiger partial charge in [0.25, 0.3) is 0 Å². The van der Waals surface area contributed by atoms with E-state index < -0.39 is 11.5 Å². The molecule has 4 aromatic rings. The van der Waals surface area contributed by atoms with E-state index >= 15 is 0 Å². The number of hydrogen-bond acceptors (Lipinski definition) is 6. The first-order valence-electron chi connectivity index (χ1n) is 10.6. The van der Waals surface area contributed by atoms with Gasteiger partial charge in [0.1, 0.15) is 22.8 Å². The number of fused-ring (bicyclic) bond motifs is 3. The summed E-state index contributed by atoms with van der Waals surface area (Å²) in [6, 6.07) is 16.7. The standard InChI is InChI=1S/C27H19ClN2O4/c1-14-10-21(28)20(13-30-14)18-11-16(8-9-22(18)32-3)24-19(12-29)15(2)33-26-17-6-4-5-7-23(17)34-27(31)25(24)26/h4-11,13,24H,1-3H3. The predicted molar refractivity (Wildman–Crippen MR) is 129 cm³/mol. The van der Waals surface area contributed by atoms with Crippen LogP contribution in [0.2, 0.25) is 5.02 Å². The van der Waals surface area contributed by atoms with Gasteiger partial charge >= 0.3 is 5.63 Å². The number of allylic oxidation sites excluding steroid dienone is 2. The van der Waals surface area contributed by atoms with Gasteiger partial charge in [0.05, 0.1) is 40.6 Å². The van der Waals surface area contributed by atoms with Crippen molar-refractivity contribution in [1.82, 2.24) is 4.98 Å². The smallest absolute Gasteiger partial charge is 0.344 e. The molecule has 0 spiro atoms. The van der Waals surface area contributed by atoms with Gasteiger partial charge in [-0.3, -0.25) is 4.98 Å². The highest BCUT2D eigenvalue weighted by Gasteiger charge is 2.35. The van der Waals surface area contributed by atoms with Crippen LogP contribution in [0.25, 0.3) is 22.1 Å². The molecule has 0 N–H and O–H groups in total. The minimum atomic E-state index is -0.684. The van der Waals surface area contributed by atoms with Gasteiger partial charge < -0.3 is 13.9 Å². The second-order valence-corrected chi connectivity index (χ2v) is 8.42. The van der Waals surface area contributed by atoms with Crippen LogP contribution in [-0.2, 0) is 0 Å². The quantitative estimate of drug-likeness (QED) is 0.334. The van der Waals surface area contributed by atoms with E-state index in [1.165, 1.54) is 0 Å². The molecular weight excluding hydrogens is 452 g/mol. The summed E-state index contributed by atoms with van der Waals surface area (Å²) in [7, 11) is 1.57. The number of nitrogens with zero attached hydrogens (tertiary/aromatic N) is 2. The number of halogens is 1. The highest BCUT2D eigenvalue weighted by Crippen LogP contribution is 2.46. The Morgan fingerprint density at radius 2 is 1.91 bits per heavy atom. The number of aryl methyl sites for hydroxylation is 1. The molecule has 3 heterocycles. The Bertz CT molecular complexity index is 1600. The Labute approximate surface area is 200 Å². The van der Waals surface area contributed by atoms with E-state index in [2.05, 4.69) is 11.1 Å². The number of rotatable bonds is 3. The minimum absolute atomic E-state index is 0.282. The maximum atomic E-state index is 13.2. The number of nitriles is 1. The van der Waals surface area contributed by atoms with Crippen LogP contribution in [0.5, 0.6) is 11.5 Å². The molecule has 7 heteroatoms. The van der Waals surface area contributed by atoms with Crippen molar-refractivity contribution in [3.8, 4) is 28.7 Å². The lowest BCUT2D eigenvalue weighted by atomic mass is 9.82. The molecule has 5 rings (SSSR count). The van der Waals surface area contributed by atoms with Gasteiger partial charge in [-0.05, 0) is 49.7 Å². The molecule has 2 aromatic carbocycles. The van der Waals surface area contributed by atoms with Crippen LogP contribution >= 0.6 is 11.6 Å². The van der Waals surface area contributed by atoms with Crippen molar-refractivity contribution in [1.29, 1.82) is 5.26 Å². The fourth-order valence-electron chi connectivity index (χ4n) is 4.37. The molecule has 0 saturated heterocycles. The molecule has 0 aliphatic carbocycles. The van der Waals surface area contributed by atoms with Crippen molar-refractivity contribution in [2.24, 2.45) is 0 Å². The van der Waals surface area contributed by atoms with Gasteiger partial charge in [-0.15, -0.1) is 0 Å². The zero-order chi connectivity index (χ0) is 24.0. The average Bonchev–Trinajstić information content (AvgIpc) is 2.83. The summed E-state index contributed by atoms with van der Waals surface area (Å²) in [4.78, 5) is 17.5. The number of aromatic nitrogens is 1. The second kappa shape index (κ2) is 8.36. The first kappa shape index (κ1) is 21.7. The van der Waals surface area contributed by atoms with Crippen LogP contribution in [0, 0.1) is 18.3 Å². The number of benzene rings is 2. The molecular formula is C27H19ClN2O4. The molecule has 1 aliphatic heterocycles. The largest absolute Gasteiger partial charge is 0.496 e. The van der Waals surface area contributed by atoms with Gasteiger partial charge in [-0.1, -0.05) is 29.8 Å². The minimum Gasteiger partial charge on any atom is -0.496 e. The Morgan fingerprint density at radius 3 is 2.65 bits per heavy atom. The van der Waals surface area contributed by atoms with Gasteiger partial charge in [0.15, 0.2) is 0 Å². The fraction of sp³-hybridized carbons (Fsp3) is 0.148. The maximum Gasteiger partial charge on any atom is 0.344 e. The molecule has 0 radical (unpaired) electrons. The van der Waals surface area contributed by atoms with Crippen molar-refractivity contribution in [2.75, 3.05) is 7.11 Å². The lowest BCUT2D eigenvalue weighted by molar-refractivity contribution is 0.395. The molecule has 0 amide bonds. The van der Waals surface area contributed by atoms with Crippen molar-refractivity contribution in [2.45, 2.75) is 19.8 Å². The van der Waals surface area contributed by atoms with Crippen LogP contribution < -0.4 is 15.1 Å². The van der Waals surface area contributed by atoms with Gasteiger partial charge in [0, 0.05) is 23.0 Å². The van der Waals surface area contributed by atoms with E-state index in [1.807, 2.05) is 31.2 Å². The first-order chi connectivity index (χ1) is 16.4. The SMILES string of the molecule is COc1ccc(C2C(C#N)=C(C)Oc3c2c(=O)oc2ccccc32)cc1-c1cnc(C)cc1Cl. The maximum absolute atomic E-state index is 13.2. The fourth-order valence-corrected chi connectivity index (χ4v) is 4.68. The molecule has 0 fully saturated rings. The zero-order valence-electron chi connectivity index (χ0n) is 18.7. The number of para-hydroxylation sites is 1. The molecule has 34 heavy (non-hydrogen) atoms. The van der Waals surface area contributed by atoms with E-state index in [0.717, 1.165) is 5.69 Å². The topological polar surface area (TPSA) is 85.4 Å². The monoisotopic (exact) mass is 470 g/mol. The Morgan fingerprint density at radius 1 is 1.12 bits per heavy atom. The number of pyridine rings is 1. The molecule has 0 bridgehead atoms. The second-order valence-electron chi connectivity index (χ2n) is 8.01. The third-order valence-electron chi connectivity index (χ3n) is 5.97. The van der Waals surface area contributed by atoms with E-state index in [-0.39, 0.29) is 5.56 Å². The van der Waals surface area contributed by atoms with Crippen molar-refractivity contribution in [3.05, 3.63) is 98.3 Å². The predicted octanol–water partition coefficient (Wildman–Crippen LogP) is 6.15. The van der Waals surface area contributed by atoms with E-state index in [4.69, 9.17) is 25.5 Å². The lowest BCUT2D eigenvalue weighted by Gasteiger charge is -2.27. The normalized spacial score (nSPS) is 15.0. The summed E-state index contributed by atoms with van der Waals surface area (Å²) in [5, 5.41) is 11.2. The molecule has 0 saturated carbocycles. The van der Waals surface area contributed by atoms with Crippen LogP contribution in [0.15, 0.2) is 75.3 Å². The average molecular weight is 471 g/mol. The van der Waals surface area contributed by atoms with Gasteiger partial charge in [-0.25, -0.2) is 4.79 Å². The summed E-state index contributed by atoms with van der Waals surface area (Å²) in [5.74, 6) is 0.744. The van der Waals surface area contributed by atoms with Gasteiger partial charge in [-0.2, -0.15) is 5.26 Å². The van der Waals surface area contributed by atoms with Crippen molar-refractivity contribution >= 4 is 22.6 Å². The molecule has 1 atom stereocenters. The molecule has 1 aliphatic rings. The van der Waals surface area contributed by atoms with Crippen LogP contribution in [0.1, 0.15) is 29.7 Å². The van der Waals surface area contributed by atoms with Crippen LogP contribution in [-0.4, -0.2) is 12.1 Å².